The molecule has 5 nitrogen and oxygen atoms in total. The second-order valence-electron chi connectivity index (χ2n) is 5.99. The Morgan fingerprint density at radius 3 is 2.65 bits per heavy atom. The maximum absolute atomic E-state index is 13.0. The highest BCUT2D eigenvalue weighted by Crippen LogP contribution is 2.29. The van der Waals surface area contributed by atoms with Crippen LogP contribution in [0.4, 0.5) is 0 Å². The van der Waals surface area contributed by atoms with Crippen LogP contribution in [-0.2, 0) is 16.1 Å². The highest BCUT2D eigenvalue weighted by molar-refractivity contribution is 8.00. The third-order valence-electron chi connectivity index (χ3n) is 4.22. The number of hydrogen-bond acceptors (Lipinski definition) is 5. The summed E-state index contributed by atoms with van der Waals surface area (Å²) >= 11 is 7.24. The van der Waals surface area contributed by atoms with Gasteiger partial charge >= 0.3 is 5.97 Å². The van der Waals surface area contributed by atoms with Gasteiger partial charge in [-0.25, -0.2) is 4.98 Å². The lowest BCUT2D eigenvalue weighted by molar-refractivity contribution is -0.137. The summed E-state index contributed by atoms with van der Waals surface area (Å²) in [5, 5.41) is 1.38. The largest absolute Gasteiger partial charge is 0.465 e. The smallest absolute Gasteiger partial charge is 0.319 e. The first-order chi connectivity index (χ1) is 12.6. The number of benzene rings is 2. The fraction of sp³-hybridized carbons (Fsp3) is 0.211. The first-order valence-corrected chi connectivity index (χ1v) is 9.45. The second kappa shape index (κ2) is 7.13. The summed E-state index contributed by atoms with van der Waals surface area (Å²) in [6.07, 6.45) is 0.618. The van der Waals surface area contributed by atoms with Gasteiger partial charge in [-0.1, -0.05) is 47.6 Å². The number of ether oxygens (including phenoxy) is 1. The Morgan fingerprint density at radius 1 is 1.15 bits per heavy atom. The lowest BCUT2D eigenvalue weighted by Gasteiger charge is -2.14. The first kappa shape index (κ1) is 17.1. The SMILES string of the molecule is O=C1OCC[C@@H]1Sc1nc2ccccc2c(=O)n1Cc1ccc(Cl)cc1. The molecule has 0 spiro atoms. The fourth-order valence-electron chi connectivity index (χ4n) is 2.86. The van der Waals surface area contributed by atoms with Crippen molar-refractivity contribution in [3.63, 3.8) is 0 Å². The zero-order chi connectivity index (χ0) is 18.1. The van der Waals surface area contributed by atoms with E-state index in [1.54, 1.807) is 28.8 Å². The molecule has 1 atom stereocenters. The number of hydrogen-bond donors (Lipinski definition) is 0. The Morgan fingerprint density at radius 2 is 1.92 bits per heavy atom. The van der Waals surface area contributed by atoms with Crippen LogP contribution in [0.15, 0.2) is 58.5 Å². The van der Waals surface area contributed by atoms with Crippen LogP contribution in [0.1, 0.15) is 12.0 Å². The van der Waals surface area contributed by atoms with Gasteiger partial charge in [-0.05, 0) is 29.8 Å². The van der Waals surface area contributed by atoms with Gasteiger partial charge in [-0.2, -0.15) is 0 Å². The average Bonchev–Trinajstić information content (AvgIpc) is 3.05. The second-order valence-corrected chi connectivity index (χ2v) is 7.60. The maximum atomic E-state index is 13.0. The van der Waals surface area contributed by atoms with E-state index in [0.717, 1.165) is 5.56 Å². The van der Waals surface area contributed by atoms with E-state index < -0.39 is 0 Å². The predicted octanol–water partition coefficient (Wildman–Crippen LogP) is 3.51. The van der Waals surface area contributed by atoms with Gasteiger partial charge in [0.25, 0.3) is 5.56 Å². The summed E-state index contributed by atoms with van der Waals surface area (Å²) in [5.74, 6) is -0.254. The molecule has 0 N–H and O–H groups in total. The van der Waals surface area contributed by atoms with Crippen LogP contribution >= 0.6 is 23.4 Å². The van der Waals surface area contributed by atoms with Gasteiger partial charge in [0.15, 0.2) is 5.16 Å². The average molecular weight is 387 g/mol. The Labute approximate surface area is 159 Å². The highest BCUT2D eigenvalue weighted by atomic mass is 35.5. The molecule has 1 fully saturated rings. The van der Waals surface area contributed by atoms with Crippen molar-refractivity contribution in [2.24, 2.45) is 0 Å². The Bertz CT molecular complexity index is 1030. The van der Waals surface area contributed by atoms with Crippen LogP contribution in [0.5, 0.6) is 0 Å². The zero-order valence-electron chi connectivity index (χ0n) is 13.7. The molecule has 2 aromatic carbocycles. The summed E-state index contributed by atoms with van der Waals surface area (Å²) in [4.78, 5) is 29.5. The minimum Gasteiger partial charge on any atom is -0.465 e. The van der Waals surface area contributed by atoms with Gasteiger partial charge < -0.3 is 4.74 Å². The molecule has 3 aromatic rings. The van der Waals surface area contributed by atoms with E-state index in [1.807, 2.05) is 24.3 Å². The molecule has 0 amide bonds. The van der Waals surface area contributed by atoms with Gasteiger partial charge in [-0.15, -0.1) is 0 Å². The lowest BCUT2D eigenvalue weighted by atomic mass is 10.2. The summed E-state index contributed by atoms with van der Waals surface area (Å²) in [6, 6.07) is 14.6. The number of rotatable bonds is 4. The number of carbonyl (C=O) groups is 1. The summed E-state index contributed by atoms with van der Waals surface area (Å²) in [5.41, 5.74) is 1.43. The van der Waals surface area contributed by atoms with Crippen molar-refractivity contribution in [2.75, 3.05) is 6.61 Å². The van der Waals surface area contributed by atoms with Crippen LogP contribution in [0, 0.1) is 0 Å². The third kappa shape index (κ3) is 3.34. The molecular weight excluding hydrogens is 372 g/mol. The monoisotopic (exact) mass is 386 g/mol. The van der Waals surface area contributed by atoms with E-state index >= 15 is 0 Å². The normalized spacial score (nSPS) is 16.8. The number of aromatic nitrogens is 2. The van der Waals surface area contributed by atoms with Crippen LogP contribution < -0.4 is 5.56 Å². The van der Waals surface area contributed by atoms with Crippen LogP contribution in [-0.4, -0.2) is 27.4 Å². The van der Waals surface area contributed by atoms with Crippen LogP contribution in [0.25, 0.3) is 10.9 Å². The van der Waals surface area contributed by atoms with Crippen molar-refractivity contribution < 1.29 is 9.53 Å². The van der Waals surface area contributed by atoms with Crippen LogP contribution in [0.2, 0.25) is 5.02 Å². The van der Waals surface area contributed by atoms with Gasteiger partial charge in [0.1, 0.15) is 5.25 Å². The molecule has 1 saturated heterocycles. The van der Waals surface area contributed by atoms with Crippen molar-refractivity contribution in [2.45, 2.75) is 23.4 Å². The molecule has 1 aliphatic rings. The molecule has 0 unspecified atom stereocenters. The minimum atomic E-state index is -0.334. The molecule has 132 valence electrons. The number of cyclic esters (lactones) is 1. The fourth-order valence-corrected chi connectivity index (χ4v) is 4.05. The van der Waals surface area contributed by atoms with Crippen molar-refractivity contribution >= 4 is 40.2 Å². The molecule has 0 aliphatic carbocycles. The Kier molecular flexibility index (Phi) is 4.70. The van der Waals surface area contributed by atoms with Crippen LogP contribution in [0.3, 0.4) is 0 Å². The van der Waals surface area contributed by atoms with Crippen molar-refractivity contribution in [1.29, 1.82) is 0 Å². The molecule has 4 rings (SSSR count). The number of esters is 1. The number of para-hydroxylation sites is 1. The standard InChI is InChI=1S/C19H15ClN2O3S/c20-13-7-5-12(6-8-13)11-22-17(23)14-3-1-2-4-15(14)21-19(22)26-16-9-10-25-18(16)24/h1-8,16H,9-11H2/t16-/m0/s1. The maximum Gasteiger partial charge on any atom is 0.319 e. The van der Waals surface area contributed by atoms with E-state index in [2.05, 4.69) is 4.98 Å². The van der Waals surface area contributed by atoms with E-state index in [9.17, 15) is 9.59 Å². The van der Waals surface area contributed by atoms with Gasteiger partial charge in [-0.3, -0.25) is 14.2 Å². The summed E-state index contributed by atoms with van der Waals surface area (Å²) in [6.45, 7) is 0.767. The van der Waals surface area contributed by atoms with Gasteiger partial charge in [0.05, 0.1) is 24.1 Å². The number of carbonyl (C=O) groups excluding carboxylic acids is 1. The topological polar surface area (TPSA) is 61.2 Å². The number of fused-ring (bicyclic) bond motifs is 1. The quantitative estimate of drug-likeness (QED) is 0.507. The lowest BCUT2D eigenvalue weighted by Crippen LogP contribution is -2.25. The molecule has 7 heteroatoms. The van der Waals surface area contributed by atoms with E-state index in [0.29, 0.717) is 40.7 Å². The molecule has 0 bridgehead atoms. The molecular formula is C19H15ClN2O3S. The minimum absolute atomic E-state index is 0.126. The summed E-state index contributed by atoms with van der Waals surface area (Å²) in [7, 11) is 0. The number of nitrogens with zero attached hydrogens (tertiary/aromatic N) is 2. The molecule has 2 heterocycles. The molecule has 26 heavy (non-hydrogen) atoms. The Hall–Kier alpha value is -2.31. The van der Waals surface area contributed by atoms with E-state index in [-0.39, 0.29) is 16.8 Å². The number of thioether (sulfide) groups is 1. The summed E-state index contributed by atoms with van der Waals surface area (Å²) < 4.78 is 6.65. The zero-order valence-corrected chi connectivity index (χ0v) is 15.3. The molecule has 0 saturated carbocycles. The van der Waals surface area contributed by atoms with Gasteiger partial charge in [0.2, 0.25) is 0 Å². The van der Waals surface area contributed by atoms with Crippen molar-refractivity contribution in [3.8, 4) is 0 Å². The van der Waals surface area contributed by atoms with E-state index in [4.69, 9.17) is 16.3 Å². The Balaban J connectivity index is 1.80. The van der Waals surface area contributed by atoms with Crippen molar-refractivity contribution in [3.05, 3.63) is 69.5 Å². The number of halogens is 1. The molecule has 0 radical (unpaired) electrons. The first-order valence-electron chi connectivity index (χ1n) is 8.19. The van der Waals surface area contributed by atoms with Crippen molar-refractivity contribution in [1.82, 2.24) is 9.55 Å². The predicted molar refractivity (Wildman–Crippen MR) is 102 cm³/mol. The highest BCUT2D eigenvalue weighted by Gasteiger charge is 2.29. The molecule has 1 aromatic heterocycles. The van der Waals surface area contributed by atoms with E-state index in [1.165, 1.54) is 11.8 Å². The third-order valence-corrected chi connectivity index (χ3v) is 5.70. The molecule has 1 aliphatic heterocycles. The van der Waals surface area contributed by atoms with Gasteiger partial charge in [0, 0.05) is 11.4 Å².